The maximum atomic E-state index is 13.6. The van der Waals surface area contributed by atoms with Gasteiger partial charge in [-0.05, 0) is 80.8 Å². The summed E-state index contributed by atoms with van der Waals surface area (Å²) >= 11 is 0. The van der Waals surface area contributed by atoms with Crippen LogP contribution in [0.4, 0.5) is 5.69 Å². The van der Waals surface area contributed by atoms with Crippen LogP contribution < -0.4 is 14.8 Å². The summed E-state index contributed by atoms with van der Waals surface area (Å²) in [7, 11) is 4.57. The molecule has 2 aromatic carbocycles. The normalized spacial score (nSPS) is 26.2. The number of methoxy groups -OCH3 is 4. The van der Waals surface area contributed by atoms with Gasteiger partial charge in [-0.2, -0.15) is 0 Å². The predicted molar refractivity (Wildman–Crippen MR) is 216 cm³/mol. The highest BCUT2D eigenvalue weighted by Crippen LogP contribution is 2.40. The molecule has 0 aliphatic carbocycles. The van der Waals surface area contributed by atoms with Gasteiger partial charge in [-0.1, -0.05) is 77.1 Å². The minimum absolute atomic E-state index is 0.00346. The van der Waals surface area contributed by atoms with E-state index in [1.54, 1.807) is 28.4 Å². The van der Waals surface area contributed by atoms with Crippen LogP contribution in [-0.4, -0.2) is 73.9 Å². The Hall–Kier alpha value is -2.99. The molecule has 0 spiro atoms. The number of benzene rings is 2. The average Bonchev–Trinajstić information content (AvgIpc) is 3.10. The van der Waals surface area contributed by atoms with E-state index in [1.807, 2.05) is 55.5 Å². The van der Waals surface area contributed by atoms with Crippen molar-refractivity contribution in [3.05, 3.63) is 76.9 Å². The van der Waals surface area contributed by atoms with Gasteiger partial charge in [0, 0.05) is 50.1 Å². The van der Waals surface area contributed by atoms with Gasteiger partial charge in [-0.25, -0.2) is 0 Å². The molecule has 1 amide bonds. The number of allylic oxidation sites excluding steroid dienone is 1. The molecule has 296 valence electrons. The van der Waals surface area contributed by atoms with Crippen molar-refractivity contribution in [3.63, 3.8) is 0 Å². The number of hydrogen-bond acceptors (Lipinski definition) is 8. The van der Waals surface area contributed by atoms with Gasteiger partial charge < -0.3 is 38.2 Å². The van der Waals surface area contributed by atoms with Crippen LogP contribution >= 0.6 is 0 Å². The minimum Gasteiger partial charge on any atom is -0.493 e. The first-order chi connectivity index (χ1) is 25.0. The van der Waals surface area contributed by atoms with Crippen LogP contribution in [0, 0.1) is 11.8 Å². The Labute approximate surface area is 320 Å². The third-order valence-corrected chi connectivity index (χ3v) is 15.2. The van der Waals surface area contributed by atoms with Crippen LogP contribution in [0.1, 0.15) is 78.9 Å². The molecule has 0 fully saturated rings. The van der Waals surface area contributed by atoms with Crippen LogP contribution in [0.25, 0.3) is 0 Å². The number of amides is 1. The smallest absolute Gasteiger partial charge is 0.250 e. The first-order valence-electron chi connectivity index (χ1n) is 18.9. The third-order valence-electron chi connectivity index (χ3n) is 10.7. The Kier molecular flexibility index (Phi) is 17.3. The van der Waals surface area contributed by atoms with Crippen molar-refractivity contribution < 1.29 is 37.6 Å². The van der Waals surface area contributed by atoms with E-state index in [2.05, 4.69) is 66.0 Å². The maximum Gasteiger partial charge on any atom is 0.250 e. The predicted octanol–water partition coefficient (Wildman–Crippen LogP) is 9.51. The van der Waals surface area contributed by atoms with Gasteiger partial charge in [0.15, 0.2) is 19.8 Å². The second-order valence-electron chi connectivity index (χ2n) is 16.1. The largest absolute Gasteiger partial charge is 0.493 e. The first-order valence-corrected chi connectivity index (χ1v) is 21.8. The summed E-state index contributed by atoms with van der Waals surface area (Å²) < 4.78 is 43.7. The summed E-state index contributed by atoms with van der Waals surface area (Å²) in [4.78, 5) is 13.6. The van der Waals surface area contributed by atoms with E-state index >= 15 is 0 Å². The molecule has 1 N–H and O–H groups in total. The van der Waals surface area contributed by atoms with Crippen molar-refractivity contribution in [1.29, 1.82) is 0 Å². The van der Waals surface area contributed by atoms with Crippen LogP contribution in [0.5, 0.6) is 11.5 Å². The summed E-state index contributed by atoms with van der Waals surface area (Å²) in [5, 5.41) is 3.14. The average molecular weight is 754 g/mol. The van der Waals surface area contributed by atoms with E-state index < -0.39 is 8.32 Å². The summed E-state index contributed by atoms with van der Waals surface area (Å²) in [5.41, 5.74) is 4.32. The summed E-state index contributed by atoms with van der Waals surface area (Å²) in [6.45, 7) is 20.1. The van der Waals surface area contributed by atoms with E-state index in [9.17, 15) is 4.79 Å². The second kappa shape index (κ2) is 20.6. The van der Waals surface area contributed by atoms with Gasteiger partial charge in [0.05, 0.1) is 31.5 Å². The number of ether oxygens (including phenoxy) is 6. The molecule has 10 heteroatoms. The molecule has 0 saturated carbocycles. The van der Waals surface area contributed by atoms with Crippen molar-refractivity contribution in [1.82, 2.24) is 0 Å². The Morgan fingerprint density at radius 3 is 2.23 bits per heavy atom. The number of hydrogen-bond donors (Lipinski definition) is 1. The van der Waals surface area contributed by atoms with Gasteiger partial charge in [0.2, 0.25) is 0 Å². The molecule has 6 atom stereocenters. The topological polar surface area (TPSA) is 93.7 Å². The molecule has 6 unspecified atom stereocenters. The van der Waals surface area contributed by atoms with Gasteiger partial charge >= 0.3 is 0 Å². The van der Waals surface area contributed by atoms with E-state index in [1.165, 1.54) is 0 Å². The molecule has 2 aromatic rings. The Balaban J connectivity index is 2.13. The van der Waals surface area contributed by atoms with E-state index in [-0.39, 0.29) is 54.0 Å². The zero-order valence-electron chi connectivity index (χ0n) is 34.7. The fourth-order valence-electron chi connectivity index (χ4n) is 6.66. The molecular formula is C43H67NO8Si. The molecular weight excluding hydrogens is 687 g/mol. The summed E-state index contributed by atoms with van der Waals surface area (Å²) in [6.07, 6.45) is 5.86. The molecule has 9 nitrogen and oxygen atoms in total. The fraction of sp³-hybridized carbons (Fsp3) is 0.605. The van der Waals surface area contributed by atoms with Gasteiger partial charge in [0.25, 0.3) is 5.91 Å². The van der Waals surface area contributed by atoms with Crippen LogP contribution in [0.15, 0.2) is 65.8 Å². The van der Waals surface area contributed by atoms with Crippen molar-refractivity contribution in [2.75, 3.05) is 40.5 Å². The lowest BCUT2D eigenvalue weighted by Gasteiger charge is -2.42. The van der Waals surface area contributed by atoms with Gasteiger partial charge in [-0.15, -0.1) is 0 Å². The Bertz CT molecular complexity index is 1500. The highest BCUT2D eigenvalue weighted by Gasteiger charge is 2.41. The van der Waals surface area contributed by atoms with Crippen molar-refractivity contribution in [3.8, 4) is 11.5 Å². The molecule has 1 aliphatic heterocycles. The summed E-state index contributed by atoms with van der Waals surface area (Å²) in [6, 6.07) is 13.8. The Morgan fingerprint density at radius 2 is 1.62 bits per heavy atom. The molecule has 1 heterocycles. The highest BCUT2D eigenvalue weighted by molar-refractivity contribution is 6.74. The minimum atomic E-state index is -2.21. The molecule has 2 bridgehead atoms. The molecule has 0 radical (unpaired) electrons. The third kappa shape index (κ3) is 12.8. The van der Waals surface area contributed by atoms with Crippen LogP contribution in [0.3, 0.4) is 0 Å². The van der Waals surface area contributed by atoms with E-state index in [4.69, 9.17) is 32.8 Å². The SMILES string of the molecule is COCOC1C(C)/C=C(\C)C(O[Si](C)(C)C(C)(C)C)C(OC)CC/C=C(\C)C(=O)Nc2cc(c(OC)c(OCc3ccccc3)c2)CC(C)CC1OC. The van der Waals surface area contributed by atoms with Gasteiger partial charge in [-0.3, -0.25) is 4.79 Å². The number of fused-ring (bicyclic) bond motifs is 2. The summed E-state index contributed by atoms with van der Waals surface area (Å²) in [5.74, 6) is 1.15. The molecule has 53 heavy (non-hydrogen) atoms. The quantitative estimate of drug-likeness (QED) is 0.138. The number of anilines is 1. The number of nitrogens with one attached hydrogen (secondary N) is 1. The van der Waals surface area contributed by atoms with Gasteiger partial charge in [0.1, 0.15) is 13.4 Å². The second-order valence-corrected chi connectivity index (χ2v) is 20.8. The zero-order valence-corrected chi connectivity index (χ0v) is 35.7. The maximum absolute atomic E-state index is 13.6. The van der Waals surface area contributed by atoms with Crippen LogP contribution in [0.2, 0.25) is 18.1 Å². The van der Waals surface area contributed by atoms with E-state index in [0.717, 1.165) is 16.7 Å². The van der Waals surface area contributed by atoms with E-state index in [0.29, 0.717) is 55.0 Å². The number of carbonyl (C=O) groups excluding carboxylic acids is 1. The van der Waals surface area contributed by atoms with Crippen molar-refractivity contribution in [2.24, 2.45) is 11.8 Å². The lowest BCUT2D eigenvalue weighted by Crippen LogP contribution is -2.48. The highest BCUT2D eigenvalue weighted by atomic mass is 28.4. The van der Waals surface area contributed by atoms with Crippen molar-refractivity contribution >= 4 is 19.9 Å². The van der Waals surface area contributed by atoms with Crippen molar-refractivity contribution in [2.45, 2.75) is 123 Å². The molecule has 3 rings (SSSR count). The lowest BCUT2D eigenvalue weighted by molar-refractivity contribution is -0.136. The first kappa shape index (κ1) is 44.4. The fourth-order valence-corrected chi connectivity index (χ4v) is 7.99. The lowest BCUT2D eigenvalue weighted by atomic mass is 9.87. The monoisotopic (exact) mass is 753 g/mol. The number of carbonyl (C=O) groups is 1. The standard InChI is InChI=1S/C43H67NO8Si/c1-29-22-34-25-35(26-38(41(34)49-11)50-27-33-19-15-14-16-20-33)44-42(45)30(2)18-17-21-36(47-9)40(52-53(12,13)43(5,6)7)32(4)24-31(3)39(51-28-46-8)37(23-29)48-10/h14-16,18-20,24-26,29,31,36-37,39-40H,17,21-23,27-28H2,1-13H3,(H,44,45)/b30-18+,32-24+. The zero-order chi connectivity index (χ0) is 39.3. The Morgan fingerprint density at radius 1 is 0.943 bits per heavy atom. The molecule has 0 aromatic heterocycles. The number of rotatable bonds is 11. The molecule has 0 saturated heterocycles. The molecule has 1 aliphatic rings. The van der Waals surface area contributed by atoms with Crippen LogP contribution in [-0.2, 0) is 41.2 Å².